The number of quaternary nitrogens is 1. The molecule has 0 amide bonds. The van der Waals surface area contributed by atoms with Crippen molar-refractivity contribution in [2.45, 2.75) is 32.2 Å². The van der Waals surface area contributed by atoms with Gasteiger partial charge in [0, 0.05) is 5.02 Å². The summed E-state index contributed by atoms with van der Waals surface area (Å²) in [7, 11) is 0. The molecule has 0 aliphatic carbocycles. The van der Waals surface area contributed by atoms with Gasteiger partial charge in [0.15, 0.2) is 0 Å². The van der Waals surface area contributed by atoms with Gasteiger partial charge in [-0.3, -0.25) is 0 Å². The maximum atomic E-state index is 10.1. The normalized spacial score (nSPS) is 27.4. The van der Waals surface area contributed by atoms with Crippen molar-refractivity contribution in [2.24, 2.45) is 0 Å². The van der Waals surface area contributed by atoms with E-state index in [9.17, 15) is 5.11 Å². The van der Waals surface area contributed by atoms with Gasteiger partial charge in [-0.05, 0) is 32.0 Å². The number of benzene rings is 1. The number of rotatable bonds is 5. The highest BCUT2D eigenvalue weighted by molar-refractivity contribution is 6.35. The van der Waals surface area contributed by atoms with Crippen molar-refractivity contribution in [1.29, 1.82) is 0 Å². The predicted octanol–water partition coefficient (Wildman–Crippen LogP) is 1.43. The van der Waals surface area contributed by atoms with Crippen LogP contribution in [0.3, 0.4) is 0 Å². The standard InChI is InChI=1S/C15H21Cl2NO3/c1-10-6-18(7-11(2)21-10)8-13(19)9-20-15-4-3-12(16)5-14(15)17/h3-5,10-11,13,19H,6-9H2,1-2H3/p+1/t10-,11-,13-/m0/s1. The molecule has 1 aliphatic rings. The number of halogens is 2. The summed E-state index contributed by atoms with van der Waals surface area (Å²) >= 11 is 11.9. The molecule has 1 heterocycles. The third-order valence-corrected chi connectivity index (χ3v) is 4.00. The van der Waals surface area contributed by atoms with Gasteiger partial charge in [-0.15, -0.1) is 0 Å². The number of aliphatic hydroxyl groups is 1. The zero-order valence-corrected chi connectivity index (χ0v) is 13.8. The molecule has 118 valence electrons. The Labute approximate surface area is 135 Å². The van der Waals surface area contributed by atoms with Gasteiger partial charge < -0.3 is 19.5 Å². The first kappa shape index (κ1) is 16.8. The van der Waals surface area contributed by atoms with E-state index >= 15 is 0 Å². The van der Waals surface area contributed by atoms with Crippen LogP contribution in [0.5, 0.6) is 5.75 Å². The largest absolute Gasteiger partial charge is 0.489 e. The fourth-order valence-electron chi connectivity index (χ4n) is 2.73. The third kappa shape index (κ3) is 5.31. The summed E-state index contributed by atoms with van der Waals surface area (Å²) in [4.78, 5) is 1.33. The van der Waals surface area contributed by atoms with Gasteiger partial charge >= 0.3 is 0 Å². The van der Waals surface area contributed by atoms with E-state index < -0.39 is 6.10 Å². The number of aliphatic hydroxyl groups excluding tert-OH is 1. The molecular weight excluding hydrogens is 313 g/mol. The van der Waals surface area contributed by atoms with Crippen LogP contribution in [0.1, 0.15) is 13.8 Å². The number of ether oxygens (including phenoxy) is 2. The summed E-state index contributed by atoms with van der Waals surface area (Å²) in [6.07, 6.45) is -0.0885. The van der Waals surface area contributed by atoms with E-state index in [0.717, 1.165) is 13.1 Å². The van der Waals surface area contributed by atoms with Crippen LogP contribution >= 0.6 is 23.2 Å². The first-order chi connectivity index (χ1) is 9.94. The molecule has 2 N–H and O–H groups in total. The Morgan fingerprint density at radius 2 is 2.00 bits per heavy atom. The first-order valence-electron chi connectivity index (χ1n) is 7.19. The molecule has 6 heteroatoms. The maximum absolute atomic E-state index is 10.1. The molecule has 21 heavy (non-hydrogen) atoms. The maximum Gasteiger partial charge on any atom is 0.138 e. The van der Waals surface area contributed by atoms with Gasteiger partial charge in [0.2, 0.25) is 0 Å². The molecule has 0 radical (unpaired) electrons. The van der Waals surface area contributed by atoms with Crippen LogP contribution < -0.4 is 9.64 Å². The van der Waals surface area contributed by atoms with E-state index in [2.05, 4.69) is 13.8 Å². The van der Waals surface area contributed by atoms with Crippen molar-refractivity contribution in [3.8, 4) is 5.75 Å². The molecule has 0 bridgehead atoms. The van der Waals surface area contributed by atoms with Crippen LogP contribution in [0.15, 0.2) is 18.2 Å². The molecule has 4 nitrogen and oxygen atoms in total. The van der Waals surface area contributed by atoms with Gasteiger partial charge in [0.1, 0.15) is 50.3 Å². The summed E-state index contributed by atoms with van der Waals surface area (Å²) in [5.74, 6) is 0.541. The highest BCUT2D eigenvalue weighted by Crippen LogP contribution is 2.27. The molecular formula is C15H22Cl2NO3+. The molecule has 2 rings (SSSR count). The third-order valence-electron chi connectivity index (χ3n) is 3.47. The molecule has 1 saturated heterocycles. The van der Waals surface area contributed by atoms with Crippen LogP contribution in [-0.2, 0) is 4.74 Å². The molecule has 0 aromatic heterocycles. The molecule has 1 aromatic rings. The van der Waals surface area contributed by atoms with Gasteiger partial charge in [0.05, 0.1) is 5.02 Å². The molecule has 1 aromatic carbocycles. The zero-order chi connectivity index (χ0) is 15.4. The lowest BCUT2D eigenvalue weighted by molar-refractivity contribution is -0.918. The van der Waals surface area contributed by atoms with E-state index in [1.807, 2.05) is 0 Å². The Morgan fingerprint density at radius 3 is 2.62 bits per heavy atom. The quantitative estimate of drug-likeness (QED) is 0.856. The summed E-state index contributed by atoms with van der Waals surface area (Å²) in [6.45, 7) is 6.79. The first-order valence-corrected chi connectivity index (χ1v) is 7.94. The minimum absolute atomic E-state index is 0.217. The number of hydrogen-bond acceptors (Lipinski definition) is 3. The van der Waals surface area contributed by atoms with Crippen molar-refractivity contribution in [3.63, 3.8) is 0 Å². The van der Waals surface area contributed by atoms with Gasteiger partial charge in [-0.25, -0.2) is 0 Å². The Hall–Kier alpha value is -0.520. The Bertz CT molecular complexity index is 462. The topological polar surface area (TPSA) is 43.1 Å². The zero-order valence-electron chi connectivity index (χ0n) is 12.3. The molecule has 1 aliphatic heterocycles. The van der Waals surface area contributed by atoms with E-state index in [1.54, 1.807) is 18.2 Å². The molecule has 0 spiro atoms. The van der Waals surface area contributed by atoms with E-state index in [-0.39, 0.29) is 18.8 Å². The SMILES string of the molecule is C[C@H]1C[NH+](C[C@H](O)COc2ccc(Cl)cc2Cl)C[C@H](C)O1. The number of morpholine rings is 1. The van der Waals surface area contributed by atoms with E-state index in [1.165, 1.54) is 4.90 Å². The molecule has 0 saturated carbocycles. The Morgan fingerprint density at radius 1 is 1.33 bits per heavy atom. The summed E-state index contributed by atoms with van der Waals surface area (Å²) in [5, 5.41) is 11.1. The van der Waals surface area contributed by atoms with E-state index in [4.69, 9.17) is 32.7 Å². The second kappa shape index (κ2) is 7.65. The average molecular weight is 335 g/mol. The van der Waals surface area contributed by atoms with Crippen molar-refractivity contribution in [1.82, 2.24) is 0 Å². The summed E-state index contributed by atoms with van der Waals surface area (Å²) in [5.41, 5.74) is 0. The fourth-order valence-corrected chi connectivity index (χ4v) is 3.19. The smallest absolute Gasteiger partial charge is 0.138 e. The minimum Gasteiger partial charge on any atom is -0.489 e. The van der Waals surface area contributed by atoms with Crippen LogP contribution in [0.4, 0.5) is 0 Å². The van der Waals surface area contributed by atoms with Crippen molar-refractivity contribution in [2.75, 3.05) is 26.2 Å². The summed E-state index contributed by atoms with van der Waals surface area (Å²) in [6, 6.07) is 5.05. The highest BCUT2D eigenvalue weighted by Gasteiger charge is 2.27. The second-order valence-electron chi connectivity index (χ2n) is 5.66. The van der Waals surface area contributed by atoms with Crippen molar-refractivity contribution < 1.29 is 19.5 Å². The van der Waals surface area contributed by atoms with Crippen molar-refractivity contribution >= 4 is 23.2 Å². The lowest BCUT2D eigenvalue weighted by atomic mass is 10.2. The number of nitrogens with one attached hydrogen (secondary N) is 1. The highest BCUT2D eigenvalue weighted by atomic mass is 35.5. The van der Waals surface area contributed by atoms with Gasteiger partial charge in [-0.2, -0.15) is 0 Å². The molecule has 3 atom stereocenters. The lowest BCUT2D eigenvalue weighted by Gasteiger charge is -2.33. The van der Waals surface area contributed by atoms with Crippen molar-refractivity contribution in [3.05, 3.63) is 28.2 Å². The number of hydrogen-bond donors (Lipinski definition) is 2. The van der Waals surface area contributed by atoms with Crippen LogP contribution in [0.25, 0.3) is 0 Å². The Balaban J connectivity index is 1.80. The van der Waals surface area contributed by atoms with Crippen LogP contribution in [-0.4, -0.2) is 49.7 Å². The average Bonchev–Trinajstić information content (AvgIpc) is 2.36. The van der Waals surface area contributed by atoms with Crippen LogP contribution in [0.2, 0.25) is 10.0 Å². The minimum atomic E-state index is -0.538. The molecule has 1 fully saturated rings. The monoisotopic (exact) mass is 334 g/mol. The Kier molecular flexibility index (Phi) is 6.14. The second-order valence-corrected chi connectivity index (χ2v) is 6.50. The van der Waals surface area contributed by atoms with E-state index in [0.29, 0.717) is 22.3 Å². The van der Waals surface area contributed by atoms with Gasteiger partial charge in [-0.1, -0.05) is 23.2 Å². The molecule has 0 unspecified atom stereocenters. The fraction of sp³-hybridized carbons (Fsp3) is 0.600. The van der Waals surface area contributed by atoms with Crippen LogP contribution in [0, 0.1) is 0 Å². The van der Waals surface area contributed by atoms with Gasteiger partial charge in [0.25, 0.3) is 0 Å². The lowest BCUT2D eigenvalue weighted by Crippen LogP contribution is -3.16. The predicted molar refractivity (Wildman–Crippen MR) is 83.5 cm³/mol. The summed E-state index contributed by atoms with van der Waals surface area (Å²) < 4.78 is 11.3.